The zero-order valence-corrected chi connectivity index (χ0v) is 20.0. The van der Waals surface area contributed by atoms with Crippen LogP contribution in [0, 0.1) is 0 Å². The highest BCUT2D eigenvalue weighted by Gasteiger charge is 2.19. The van der Waals surface area contributed by atoms with Crippen molar-refractivity contribution in [3.8, 4) is 11.1 Å². The average Bonchev–Trinajstić information content (AvgIpc) is 3.23. The number of benzene rings is 2. The third-order valence-electron chi connectivity index (χ3n) is 6.08. The summed E-state index contributed by atoms with van der Waals surface area (Å²) in [5, 5.41) is -0.406. The van der Waals surface area contributed by atoms with Crippen LogP contribution in [-0.2, 0) is 16.5 Å². The molecule has 0 amide bonds. The lowest BCUT2D eigenvalue weighted by Gasteiger charge is -2.11. The Morgan fingerprint density at radius 2 is 1.41 bits per heavy atom. The first-order valence-electron chi connectivity index (χ1n) is 12.0. The lowest BCUT2D eigenvalue weighted by molar-refractivity contribution is 0.476. The van der Waals surface area contributed by atoms with Crippen molar-refractivity contribution in [1.29, 1.82) is 0 Å². The topological polar surface area (TPSA) is 83.0 Å². The minimum atomic E-state index is -4.38. The molecule has 0 spiro atoms. The molecule has 0 saturated carbocycles. The second kappa shape index (κ2) is 12.2. The number of hydrogen-bond donors (Lipinski definition) is 2. The zero-order valence-electron chi connectivity index (χ0n) is 19.1. The molecule has 0 unspecified atom stereocenters. The molecule has 0 atom stereocenters. The van der Waals surface area contributed by atoms with E-state index in [1.54, 1.807) is 0 Å². The molecule has 3 rings (SSSR count). The molecule has 2 aromatic carbocycles. The van der Waals surface area contributed by atoms with Crippen molar-refractivity contribution in [3.05, 3.63) is 48.0 Å². The van der Waals surface area contributed by atoms with Gasteiger partial charge in [0.15, 0.2) is 0 Å². The maximum absolute atomic E-state index is 11.6. The second-order valence-corrected chi connectivity index (χ2v) is 10.0. The highest BCUT2D eigenvalue weighted by molar-refractivity contribution is 7.85. The Morgan fingerprint density at radius 3 is 2.00 bits per heavy atom. The molecule has 0 aliphatic carbocycles. The van der Waals surface area contributed by atoms with Crippen LogP contribution in [0.1, 0.15) is 83.1 Å². The van der Waals surface area contributed by atoms with E-state index < -0.39 is 15.3 Å². The fourth-order valence-electron chi connectivity index (χ4n) is 4.33. The monoisotopic (exact) mass is 456 g/mol. The SMILES string of the molecule is CCCCCCCCCCCCCc1ccc2[nH]c(S(=O)(=O)O)nc2c1-c1ccccc1. The number of rotatable bonds is 14. The number of aromatic nitrogens is 2. The Labute approximate surface area is 192 Å². The van der Waals surface area contributed by atoms with Crippen LogP contribution in [0.3, 0.4) is 0 Å². The molecular weight excluding hydrogens is 420 g/mol. The fraction of sp³-hybridized carbons (Fsp3) is 0.500. The van der Waals surface area contributed by atoms with E-state index in [-0.39, 0.29) is 0 Å². The van der Waals surface area contributed by atoms with Crippen molar-refractivity contribution >= 4 is 21.2 Å². The summed E-state index contributed by atoms with van der Waals surface area (Å²) in [6, 6.07) is 13.8. The van der Waals surface area contributed by atoms with Gasteiger partial charge in [-0.25, -0.2) is 4.98 Å². The van der Waals surface area contributed by atoms with Crippen molar-refractivity contribution in [2.45, 2.75) is 89.1 Å². The normalized spacial score (nSPS) is 11.9. The summed E-state index contributed by atoms with van der Waals surface area (Å²) >= 11 is 0. The second-order valence-electron chi connectivity index (χ2n) is 8.66. The van der Waals surface area contributed by atoms with Crippen LogP contribution in [-0.4, -0.2) is 22.9 Å². The van der Waals surface area contributed by atoms with Gasteiger partial charge in [0.05, 0.1) is 11.0 Å². The first-order valence-corrected chi connectivity index (χ1v) is 13.5. The summed E-state index contributed by atoms with van der Waals surface area (Å²) < 4.78 is 32.6. The molecule has 0 bridgehead atoms. The summed E-state index contributed by atoms with van der Waals surface area (Å²) in [6.07, 6.45) is 15.3. The van der Waals surface area contributed by atoms with Gasteiger partial charge in [0.1, 0.15) is 0 Å². The van der Waals surface area contributed by atoms with Crippen molar-refractivity contribution in [2.75, 3.05) is 0 Å². The van der Waals surface area contributed by atoms with Gasteiger partial charge in [-0.1, -0.05) is 108 Å². The lowest BCUT2D eigenvalue weighted by Crippen LogP contribution is -1.99. The lowest BCUT2D eigenvalue weighted by atomic mass is 9.94. The maximum atomic E-state index is 11.6. The molecule has 5 nitrogen and oxygen atoms in total. The number of imidazole rings is 1. The molecule has 6 heteroatoms. The van der Waals surface area contributed by atoms with Gasteiger partial charge < -0.3 is 4.98 Å². The third kappa shape index (κ3) is 6.91. The molecule has 0 radical (unpaired) electrons. The molecule has 174 valence electrons. The van der Waals surface area contributed by atoms with Crippen LogP contribution >= 0.6 is 0 Å². The predicted octanol–water partition coefficient (Wildman–Crippen LogP) is 7.33. The summed E-state index contributed by atoms with van der Waals surface area (Å²) in [5.41, 5.74) is 4.31. The molecule has 0 fully saturated rings. The number of aromatic amines is 1. The van der Waals surface area contributed by atoms with Crippen LogP contribution in [0.25, 0.3) is 22.2 Å². The number of aryl methyl sites for hydroxylation is 1. The number of hydrogen-bond acceptors (Lipinski definition) is 3. The smallest absolute Gasteiger partial charge is 0.327 e. The van der Waals surface area contributed by atoms with Gasteiger partial charge in [-0.2, -0.15) is 8.42 Å². The van der Waals surface area contributed by atoms with E-state index in [1.165, 1.54) is 64.2 Å². The third-order valence-corrected chi connectivity index (χ3v) is 6.76. The van der Waals surface area contributed by atoms with Crippen molar-refractivity contribution in [1.82, 2.24) is 9.97 Å². The minimum absolute atomic E-state index is 0.406. The maximum Gasteiger partial charge on any atom is 0.328 e. The largest absolute Gasteiger partial charge is 0.328 e. The average molecular weight is 457 g/mol. The first kappa shape index (κ1) is 24.5. The number of nitrogens with zero attached hydrogens (tertiary/aromatic N) is 1. The summed E-state index contributed by atoms with van der Waals surface area (Å²) in [6.45, 7) is 2.26. The van der Waals surface area contributed by atoms with E-state index in [9.17, 15) is 13.0 Å². The van der Waals surface area contributed by atoms with Crippen molar-refractivity contribution in [2.24, 2.45) is 0 Å². The Bertz CT molecular complexity index is 1080. The minimum Gasteiger partial charge on any atom is -0.327 e. The van der Waals surface area contributed by atoms with E-state index >= 15 is 0 Å². The quantitative estimate of drug-likeness (QED) is 0.196. The fourth-order valence-corrected chi connectivity index (χ4v) is 4.78. The van der Waals surface area contributed by atoms with Gasteiger partial charge in [-0.15, -0.1) is 0 Å². The molecule has 1 aromatic heterocycles. The number of nitrogens with one attached hydrogen (secondary N) is 1. The van der Waals surface area contributed by atoms with Crippen LogP contribution < -0.4 is 0 Å². The van der Waals surface area contributed by atoms with E-state index in [0.29, 0.717) is 11.0 Å². The molecule has 3 aromatic rings. The number of unbranched alkanes of at least 4 members (excludes halogenated alkanes) is 10. The highest BCUT2D eigenvalue weighted by Crippen LogP contribution is 2.32. The van der Waals surface area contributed by atoms with E-state index in [4.69, 9.17) is 0 Å². The summed E-state index contributed by atoms with van der Waals surface area (Å²) in [5.74, 6) is 0. The molecule has 0 aliphatic heterocycles. The van der Waals surface area contributed by atoms with Gasteiger partial charge in [-0.3, -0.25) is 4.55 Å². The summed E-state index contributed by atoms with van der Waals surface area (Å²) in [4.78, 5) is 6.97. The van der Waals surface area contributed by atoms with Crippen LogP contribution in [0.15, 0.2) is 47.6 Å². The number of H-pyrrole nitrogens is 1. The van der Waals surface area contributed by atoms with Crippen molar-refractivity contribution in [3.63, 3.8) is 0 Å². The van der Waals surface area contributed by atoms with Crippen molar-refractivity contribution < 1.29 is 13.0 Å². The van der Waals surface area contributed by atoms with Crippen LogP contribution in [0.4, 0.5) is 0 Å². The van der Waals surface area contributed by atoms with Gasteiger partial charge in [0, 0.05) is 5.56 Å². The Hall–Kier alpha value is -2.18. The zero-order chi connectivity index (χ0) is 22.8. The highest BCUT2D eigenvalue weighted by atomic mass is 32.2. The molecule has 32 heavy (non-hydrogen) atoms. The summed E-state index contributed by atoms with van der Waals surface area (Å²) in [7, 11) is -4.38. The molecular formula is C26H36N2O3S. The Kier molecular flexibility index (Phi) is 9.30. The van der Waals surface area contributed by atoms with E-state index in [1.807, 2.05) is 42.5 Å². The number of fused-ring (bicyclic) bond motifs is 1. The molecule has 0 aliphatic rings. The molecule has 1 heterocycles. The molecule has 2 N–H and O–H groups in total. The first-order chi connectivity index (χ1) is 15.5. The van der Waals surface area contributed by atoms with Gasteiger partial charge in [0.2, 0.25) is 0 Å². The standard InChI is InChI=1S/C26H36N2O3S/c1-2-3-4-5-6-7-8-9-10-11-13-18-22-19-20-23-25(28-26(27-23)32(29,30)31)24(22)21-16-14-12-15-17-21/h12,14-17,19-20H,2-11,13,18H2,1H3,(H,27,28)(H,29,30,31). The Balaban J connectivity index is 1.60. The predicted molar refractivity (Wildman–Crippen MR) is 132 cm³/mol. The van der Waals surface area contributed by atoms with Gasteiger partial charge in [-0.05, 0) is 30.0 Å². The van der Waals surface area contributed by atoms with Crippen LogP contribution in [0.5, 0.6) is 0 Å². The Morgan fingerprint density at radius 1 is 0.812 bits per heavy atom. The van der Waals surface area contributed by atoms with E-state index in [2.05, 4.69) is 16.9 Å². The van der Waals surface area contributed by atoms with Gasteiger partial charge in [0.25, 0.3) is 5.16 Å². The van der Waals surface area contributed by atoms with Crippen LogP contribution in [0.2, 0.25) is 0 Å². The van der Waals surface area contributed by atoms with E-state index in [0.717, 1.165) is 29.5 Å². The molecule has 0 saturated heterocycles. The van der Waals surface area contributed by atoms with Gasteiger partial charge >= 0.3 is 10.1 Å².